The van der Waals surface area contributed by atoms with E-state index in [9.17, 15) is 0 Å². The Morgan fingerprint density at radius 3 is 3.00 bits per heavy atom. The van der Waals surface area contributed by atoms with Gasteiger partial charge >= 0.3 is 0 Å². The summed E-state index contributed by atoms with van der Waals surface area (Å²) < 4.78 is 5.59. The van der Waals surface area contributed by atoms with Crippen molar-refractivity contribution in [2.24, 2.45) is 5.92 Å². The Bertz CT molecular complexity index is 635. The van der Waals surface area contributed by atoms with Crippen molar-refractivity contribution in [3.63, 3.8) is 0 Å². The number of fused-ring (bicyclic) bond motifs is 1. The van der Waals surface area contributed by atoms with Crippen LogP contribution in [0.3, 0.4) is 0 Å². The molecule has 112 valence electrons. The fourth-order valence-electron chi connectivity index (χ4n) is 3.12. The highest BCUT2D eigenvalue weighted by Crippen LogP contribution is 2.31. The van der Waals surface area contributed by atoms with Crippen LogP contribution in [0.25, 0.3) is 10.8 Å². The lowest BCUT2D eigenvalue weighted by molar-refractivity contribution is 0.0576. The predicted octanol–water partition coefficient (Wildman–Crippen LogP) is 2.99. The van der Waals surface area contributed by atoms with Gasteiger partial charge in [0.25, 0.3) is 0 Å². The Hall–Kier alpha value is -1.81. The number of hydrogen-bond acceptors (Lipinski definition) is 4. The number of benzene rings is 1. The van der Waals surface area contributed by atoms with Gasteiger partial charge in [0.2, 0.25) is 0 Å². The number of nitrogens with two attached hydrogens (primary N) is 1. The van der Waals surface area contributed by atoms with Gasteiger partial charge < -0.3 is 15.4 Å². The number of pyridine rings is 1. The number of nitrogens with zero attached hydrogens (tertiary/aromatic N) is 2. The molecule has 3 rings (SSSR count). The molecule has 1 fully saturated rings. The molecule has 2 heterocycles. The van der Waals surface area contributed by atoms with Crippen LogP contribution in [0.15, 0.2) is 24.4 Å². The van der Waals surface area contributed by atoms with Gasteiger partial charge in [-0.1, -0.05) is 0 Å². The molecule has 0 bridgehead atoms. The van der Waals surface area contributed by atoms with Crippen LogP contribution in [0.5, 0.6) is 0 Å². The first kappa shape index (κ1) is 14.1. The summed E-state index contributed by atoms with van der Waals surface area (Å²) in [6.07, 6.45) is 4.29. The molecule has 1 aliphatic rings. The summed E-state index contributed by atoms with van der Waals surface area (Å²) in [7, 11) is 2.15. The van der Waals surface area contributed by atoms with Crippen molar-refractivity contribution in [1.29, 1.82) is 0 Å². The molecule has 1 atom stereocenters. The smallest absolute Gasteiger partial charge is 0.0511 e. The fraction of sp³-hybridized carbons (Fsp3) is 0.471. The van der Waals surface area contributed by atoms with Crippen LogP contribution in [0.2, 0.25) is 0 Å². The molecule has 0 radical (unpaired) electrons. The van der Waals surface area contributed by atoms with Gasteiger partial charge in [0.1, 0.15) is 0 Å². The second-order valence-electron chi connectivity index (χ2n) is 6.01. The van der Waals surface area contributed by atoms with E-state index in [4.69, 9.17) is 10.5 Å². The number of anilines is 2. The lowest BCUT2D eigenvalue weighted by Gasteiger charge is -2.29. The Morgan fingerprint density at radius 2 is 2.24 bits per heavy atom. The molecule has 2 aromatic rings. The number of aromatic nitrogens is 1. The van der Waals surface area contributed by atoms with Crippen molar-refractivity contribution in [2.75, 3.05) is 37.4 Å². The zero-order valence-corrected chi connectivity index (χ0v) is 12.8. The highest BCUT2D eigenvalue weighted by molar-refractivity contribution is 6.01. The molecule has 0 aliphatic carbocycles. The van der Waals surface area contributed by atoms with Crippen molar-refractivity contribution in [3.05, 3.63) is 30.1 Å². The number of nitrogen functional groups attached to an aromatic ring is 1. The van der Waals surface area contributed by atoms with Crippen LogP contribution in [0.1, 0.15) is 18.5 Å². The first-order valence-corrected chi connectivity index (χ1v) is 7.59. The zero-order chi connectivity index (χ0) is 14.8. The molecule has 1 saturated heterocycles. The highest BCUT2D eigenvalue weighted by atomic mass is 16.5. The van der Waals surface area contributed by atoms with Gasteiger partial charge in [0.05, 0.1) is 6.61 Å². The van der Waals surface area contributed by atoms with Gasteiger partial charge in [0, 0.05) is 54.2 Å². The number of hydrogen-bond donors (Lipinski definition) is 1. The van der Waals surface area contributed by atoms with Gasteiger partial charge in [-0.3, -0.25) is 4.98 Å². The number of aryl methyl sites for hydroxylation is 1. The molecule has 1 aromatic heterocycles. The van der Waals surface area contributed by atoms with Crippen molar-refractivity contribution in [2.45, 2.75) is 19.8 Å². The van der Waals surface area contributed by atoms with E-state index in [1.807, 2.05) is 19.2 Å². The highest BCUT2D eigenvalue weighted by Gasteiger charge is 2.17. The molecule has 0 amide bonds. The van der Waals surface area contributed by atoms with E-state index in [0.29, 0.717) is 5.92 Å². The summed E-state index contributed by atoms with van der Waals surface area (Å²) >= 11 is 0. The van der Waals surface area contributed by atoms with E-state index in [0.717, 1.165) is 36.5 Å². The monoisotopic (exact) mass is 285 g/mol. The SMILES string of the molecule is Cc1cc2c(N(C)CC3CCCOC3)ccc(N)c2cn1. The third kappa shape index (κ3) is 2.95. The maximum Gasteiger partial charge on any atom is 0.0511 e. The van der Waals surface area contributed by atoms with Crippen LogP contribution in [0.4, 0.5) is 11.4 Å². The lowest BCUT2D eigenvalue weighted by atomic mass is 10.0. The lowest BCUT2D eigenvalue weighted by Crippen LogP contribution is -2.30. The van der Waals surface area contributed by atoms with Crippen LogP contribution in [-0.4, -0.2) is 31.8 Å². The van der Waals surface area contributed by atoms with E-state index < -0.39 is 0 Å². The summed E-state index contributed by atoms with van der Waals surface area (Å²) in [6, 6.07) is 6.21. The molecule has 2 N–H and O–H groups in total. The molecule has 1 unspecified atom stereocenters. The maximum absolute atomic E-state index is 6.08. The molecule has 1 aromatic carbocycles. The Balaban J connectivity index is 1.91. The van der Waals surface area contributed by atoms with Crippen molar-refractivity contribution in [3.8, 4) is 0 Å². The molecule has 4 nitrogen and oxygen atoms in total. The Labute approximate surface area is 125 Å². The van der Waals surface area contributed by atoms with Gasteiger partial charge in [-0.25, -0.2) is 0 Å². The van der Waals surface area contributed by atoms with Crippen LogP contribution in [0, 0.1) is 12.8 Å². The maximum atomic E-state index is 6.08. The first-order valence-electron chi connectivity index (χ1n) is 7.59. The van der Waals surface area contributed by atoms with Crippen molar-refractivity contribution >= 4 is 22.1 Å². The van der Waals surface area contributed by atoms with Crippen LogP contribution in [-0.2, 0) is 4.74 Å². The largest absolute Gasteiger partial charge is 0.398 e. The minimum atomic E-state index is 0.610. The summed E-state index contributed by atoms with van der Waals surface area (Å²) in [6.45, 7) is 4.81. The average Bonchev–Trinajstić information content (AvgIpc) is 2.48. The van der Waals surface area contributed by atoms with Gasteiger partial charge in [-0.05, 0) is 43.9 Å². The average molecular weight is 285 g/mol. The molecule has 4 heteroatoms. The molecular weight excluding hydrogens is 262 g/mol. The Kier molecular flexibility index (Phi) is 3.97. The van der Waals surface area contributed by atoms with Crippen LogP contribution < -0.4 is 10.6 Å². The summed E-state index contributed by atoms with van der Waals surface area (Å²) in [5.74, 6) is 0.610. The fourth-order valence-corrected chi connectivity index (χ4v) is 3.12. The van der Waals surface area contributed by atoms with Gasteiger partial charge in [-0.15, -0.1) is 0 Å². The molecule has 0 spiro atoms. The quantitative estimate of drug-likeness (QED) is 0.881. The molecule has 21 heavy (non-hydrogen) atoms. The first-order chi connectivity index (χ1) is 10.1. The third-order valence-electron chi connectivity index (χ3n) is 4.25. The molecule has 0 saturated carbocycles. The molecule has 1 aliphatic heterocycles. The van der Waals surface area contributed by atoms with Gasteiger partial charge in [-0.2, -0.15) is 0 Å². The number of rotatable bonds is 3. The predicted molar refractivity (Wildman–Crippen MR) is 87.7 cm³/mol. The minimum Gasteiger partial charge on any atom is -0.398 e. The summed E-state index contributed by atoms with van der Waals surface area (Å²) in [4.78, 5) is 6.69. The zero-order valence-electron chi connectivity index (χ0n) is 12.8. The third-order valence-corrected chi connectivity index (χ3v) is 4.25. The standard InChI is InChI=1S/C17H23N3O/c1-12-8-14-15(9-19-12)16(18)5-6-17(14)20(2)10-13-4-3-7-21-11-13/h5-6,8-9,13H,3-4,7,10-11,18H2,1-2H3. The van der Waals surface area contributed by atoms with E-state index in [1.54, 1.807) is 0 Å². The van der Waals surface area contributed by atoms with E-state index in [2.05, 4.69) is 29.1 Å². The second kappa shape index (κ2) is 5.90. The second-order valence-corrected chi connectivity index (χ2v) is 6.01. The Morgan fingerprint density at radius 1 is 1.38 bits per heavy atom. The van der Waals surface area contributed by atoms with Crippen molar-refractivity contribution in [1.82, 2.24) is 4.98 Å². The normalized spacial score (nSPS) is 18.9. The van der Waals surface area contributed by atoms with E-state index in [1.165, 1.54) is 23.9 Å². The summed E-state index contributed by atoms with van der Waals surface area (Å²) in [5, 5.41) is 2.21. The summed E-state index contributed by atoms with van der Waals surface area (Å²) in [5.41, 5.74) is 9.10. The van der Waals surface area contributed by atoms with Gasteiger partial charge in [0.15, 0.2) is 0 Å². The van der Waals surface area contributed by atoms with E-state index in [-0.39, 0.29) is 0 Å². The minimum absolute atomic E-state index is 0.610. The molecular formula is C17H23N3O. The van der Waals surface area contributed by atoms with E-state index >= 15 is 0 Å². The topological polar surface area (TPSA) is 51.4 Å². The van der Waals surface area contributed by atoms with Crippen LogP contribution >= 0.6 is 0 Å². The number of ether oxygens (including phenoxy) is 1. The van der Waals surface area contributed by atoms with Crippen molar-refractivity contribution < 1.29 is 4.74 Å².